The van der Waals surface area contributed by atoms with Crippen molar-refractivity contribution in [3.8, 4) is 0 Å². The van der Waals surface area contributed by atoms with Gasteiger partial charge in [0, 0.05) is 19.0 Å². The number of ether oxygens (including phenoxy) is 1. The van der Waals surface area contributed by atoms with Crippen molar-refractivity contribution in [2.75, 3.05) is 13.1 Å². The number of hydrogen-bond donors (Lipinski definition) is 1. The van der Waals surface area contributed by atoms with Crippen LogP contribution >= 0.6 is 0 Å². The molecule has 1 aliphatic rings. The van der Waals surface area contributed by atoms with Gasteiger partial charge in [-0.1, -0.05) is 30.8 Å². The standard InChI is InChI=1S/C22H20F3NO4/c1-2-20(27)26-11-18(15-6-4-7-16(10-15)21(28)29)19(12-26)30-13-14-5-3-8-17(9-14)22(23,24)25/h2-10,18-19H,1,11-13H2,(H,28,29)/t18-,19+/m0/s1. The van der Waals surface area contributed by atoms with Crippen LogP contribution in [0.2, 0.25) is 0 Å². The summed E-state index contributed by atoms with van der Waals surface area (Å²) >= 11 is 0. The maximum Gasteiger partial charge on any atom is 0.416 e. The molecule has 0 bridgehead atoms. The monoisotopic (exact) mass is 419 g/mol. The van der Waals surface area contributed by atoms with Crippen LogP contribution < -0.4 is 0 Å². The van der Waals surface area contributed by atoms with E-state index in [2.05, 4.69) is 6.58 Å². The molecule has 1 aliphatic heterocycles. The summed E-state index contributed by atoms with van der Waals surface area (Å²) in [7, 11) is 0. The SMILES string of the molecule is C=CC(=O)N1C[C@@H](OCc2cccc(C(F)(F)F)c2)[C@H](c2cccc(C(=O)O)c2)C1. The molecule has 1 fully saturated rings. The van der Waals surface area contributed by atoms with Crippen molar-refractivity contribution in [3.63, 3.8) is 0 Å². The highest BCUT2D eigenvalue weighted by Gasteiger charge is 2.37. The molecule has 2 aromatic carbocycles. The van der Waals surface area contributed by atoms with Crippen LogP contribution in [0.1, 0.15) is 33.0 Å². The summed E-state index contributed by atoms with van der Waals surface area (Å²) in [6, 6.07) is 11.2. The van der Waals surface area contributed by atoms with Gasteiger partial charge in [-0.2, -0.15) is 13.2 Å². The third kappa shape index (κ3) is 4.88. The van der Waals surface area contributed by atoms with Gasteiger partial charge in [0.05, 0.1) is 23.8 Å². The Labute approximate surface area is 171 Å². The summed E-state index contributed by atoms with van der Waals surface area (Å²) in [4.78, 5) is 24.9. The van der Waals surface area contributed by atoms with E-state index in [0.29, 0.717) is 17.7 Å². The summed E-state index contributed by atoms with van der Waals surface area (Å²) < 4.78 is 44.7. The third-order valence-electron chi connectivity index (χ3n) is 5.03. The Morgan fingerprint density at radius 3 is 2.57 bits per heavy atom. The Hall–Kier alpha value is -3.13. The van der Waals surface area contributed by atoms with Gasteiger partial charge in [-0.25, -0.2) is 4.79 Å². The lowest BCUT2D eigenvalue weighted by molar-refractivity contribution is -0.137. The smallest absolute Gasteiger partial charge is 0.416 e. The minimum atomic E-state index is -4.45. The highest BCUT2D eigenvalue weighted by molar-refractivity contribution is 5.88. The van der Waals surface area contributed by atoms with Crippen molar-refractivity contribution in [1.29, 1.82) is 0 Å². The molecule has 0 saturated carbocycles. The van der Waals surface area contributed by atoms with Crippen LogP contribution in [0, 0.1) is 0 Å². The van der Waals surface area contributed by atoms with Crippen molar-refractivity contribution in [2.45, 2.75) is 24.8 Å². The number of halogens is 3. The molecule has 158 valence electrons. The van der Waals surface area contributed by atoms with Gasteiger partial charge in [0.2, 0.25) is 5.91 Å². The first kappa shape index (κ1) is 21.6. The number of nitrogens with zero attached hydrogens (tertiary/aromatic N) is 1. The van der Waals surface area contributed by atoms with Gasteiger partial charge in [-0.3, -0.25) is 4.79 Å². The fraction of sp³-hybridized carbons (Fsp3) is 0.273. The normalized spacial score (nSPS) is 19.0. The molecule has 0 spiro atoms. The van der Waals surface area contributed by atoms with Gasteiger partial charge in [-0.05, 0) is 41.5 Å². The molecule has 0 aromatic heterocycles. The Kier molecular flexibility index (Phi) is 6.26. The molecule has 8 heteroatoms. The topological polar surface area (TPSA) is 66.8 Å². The molecule has 0 radical (unpaired) electrons. The second kappa shape index (κ2) is 8.71. The van der Waals surface area contributed by atoms with Crippen LogP contribution in [0.25, 0.3) is 0 Å². The van der Waals surface area contributed by atoms with Crippen LogP contribution in [-0.4, -0.2) is 41.1 Å². The minimum absolute atomic E-state index is 0.0696. The molecular formula is C22H20F3NO4. The lowest BCUT2D eigenvalue weighted by Gasteiger charge is -2.20. The molecule has 1 saturated heterocycles. The van der Waals surface area contributed by atoms with E-state index in [1.807, 2.05) is 0 Å². The Morgan fingerprint density at radius 1 is 1.17 bits per heavy atom. The summed E-state index contributed by atoms with van der Waals surface area (Å²) in [5.74, 6) is -1.69. The zero-order chi connectivity index (χ0) is 21.9. The summed E-state index contributed by atoms with van der Waals surface area (Å²) in [6.45, 7) is 3.93. The van der Waals surface area contributed by atoms with Crippen molar-refractivity contribution in [2.24, 2.45) is 0 Å². The fourth-order valence-electron chi connectivity index (χ4n) is 3.51. The number of carbonyl (C=O) groups excluding carboxylic acids is 1. The second-order valence-electron chi connectivity index (χ2n) is 7.03. The predicted molar refractivity (Wildman–Crippen MR) is 103 cm³/mol. The lowest BCUT2D eigenvalue weighted by Crippen LogP contribution is -2.28. The average molecular weight is 419 g/mol. The second-order valence-corrected chi connectivity index (χ2v) is 7.03. The van der Waals surface area contributed by atoms with Crippen molar-refractivity contribution < 1.29 is 32.6 Å². The molecule has 30 heavy (non-hydrogen) atoms. The Balaban J connectivity index is 1.81. The molecule has 1 N–H and O–H groups in total. The number of amides is 1. The van der Waals surface area contributed by atoms with E-state index in [1.165, 1.54) is 35.2 Å². The van der Waals surface area contributed by atoms with E-state index >= 15 is 0 Å². The predicted octanol–water partition coefficient (Wildman–Crippen LogP) is 4.10. The van der Waals surface area contributed by atoms with E-state index in [1.54, 1.807) is 12.1 Å². The van der Waals surface area contributed by atoms with Crippen LogP contribution in [-0.2, 0) is 22.3 Å². The van der Waals surface area contributed by atoms with Crippen molar-refractivity contribution in [1.82, 2.24) is 4.90 Å². The molecule has 2 aromatic rings. The number of alkyl halides is 3. The first-order valence-electron chi connectivity index (χ1n) is 9.21. The molecule has 1 heterocycles. The first-order chi connectivity index (χ1) is 14.2. The maximum absolute atomic E-state index is 12.9. The van der Waals surface area contributed by atoms with Gasteiger partial charge in [0.1, 0.15) is 0 Å². The third-order valence-corrected chi connectivity index (χ3v) is 5.03. The number of carboxylic acids is 1. The van der Waals surface area contributed by atoms with E-state index in [9.17, 15) is 27.9 Å². The number of aromatic carboxylic acids is 1. The minimum Gasteiger partial charge on any atom is -0.478 e. The van der Waals surface area contributed by atoms with Crippen LogP contribution in [0.15, 0.2) is 61.2 Å². The highest BCUT2D eigenvalue weighted by atomic mass is 19.4. The molecule has 1 amide bonds. The van der Waals surface area contributed by atoms with Gasteiger partial charge in [0.15, 0.2) is 0 Å². The van der Waals surface area contributed by atoms with Crippen LogP contribution in [0.4, 0.5) is 13.2 Å². The molecule has 2 atom stereocenters. The highest BCUT2D eigenvalue weighted by Crippen LogP contribution is 2.33. The molecule has 0 unspecified atom stereocenters. The number of carboxylic acid groups (broad SMARTS) is 1. The van der Waals surface area contributed by atoms with E-state index in [4.69, 9.17) is 4.74 Å². The van der Waals surface area contributed by atoms with Gasteiger partial charge < -0.3 is 14.7 Å². The van der Waals surface area contributed by atoms with E-state index < -0.39 is 23.8 Å². The largest absolute Gasteiger partial charge is 0.478 e. The summed E-state index contributed by atoms with van der Waals surface area (Å²) in [6.07, 6.45) is -3.77. The van der Waals surface area contributed by atoms with Crippen molar-refractivity contribution in [3.05, 3.63) is 83.4 Å². The molecule has 3 rings (SSSR count). The number of rotatable bonds is 6. The van der Waals surface area contributed by atoms with Gasteiger partial charge in [-0.15, -0.1) is 0 Å². The number of likely N-dealkylation sites (tertiary alicyclic amines) is 1. The number of benzene rings is 2. The summed E-state index contributed by atoms with van der Waals surface area (Å²) in [5.41, 5.74) is 0.390. The van der Waals surface area contributed by atoms with Crippen LogP contribution in [0.5, 0.6) is 0 Å². The Morgan fingerprint density at radius 2 is 1.90 bits per heavy atom. The number of hydrogen-bond acceptors (Lipinski definition) is 3. The number of carbonyl (C=O) groups is 2. The quantitative estimate of drug-likeness (QED) is 0.716. The fourth-order valence-corrected chi connectivity index (χ4v) is 3.51. The first-order valence-corrected chi connectivity index (χ1v) is 9.21. The van der Waals surface area contributed by atoms with Crippen molar-refractivity contribution >= 4 is 11.9 Å². The molecule has 0 aliphatic carbocycles. The van der Waals surface area contributed by atoms with Gasteiger partial charge >= 0.3 is 12.1 Å². The zero-order valence-corrected chi connectivity index (χ0v) is 15.9. The van der Waals surface area contributed by atoms with E-state index in [-0.39, 0.29) is 30.5 Å². The lowest BCUT2D eigenvalue weighted by atomic mass is 9.94. The summed E-state index contributed by atoms with van der Waals surface area (Å²) in [5, 5.41) is 9.24. The van der Waals surface area contributed by atoms with Gasteiger partial charge in [0.25, 0.3) is 0 Å². The molecule has 5 nitrogen and oxygen atoms in total. The Bertz CT molecular complexity index is 957. The van der Waals surface area contributed by atoms with E-state index in [0.717, 1.165) is 12.1 Å². The maximum atomic E-state index is 12.9. The van der Waals surface area contributed by atoms with Crippen LogP contribution in [0.3, 0.4) is 0 Å². The zero-order valence-electron chi connectivity index (χ0n) is 15.9. The molecular weight excluding hydrogens is 399 g/mol. The average Bonchev–Trinajstić information content (AvgIpc) is 3.15.